The number of rotatable bonds is 4. The first-order chi connectivity index (χ1) is 14.5. The van der Waals surface area contributed by atoms with Crippen LogP contribution in [0.2, 0.25) is 0 Å². The molecule has 2 heterocycles. The van der Waals surface area contributed by atoms with Crippen LogP contribution in [-0.4, -0.2) is 53.5 Å². The van der Waals surface area contributed by atoms with Gasteiger partial charge in [0, 0.05) is 24.0 Å². The van der Waals surface area contributed by atoms with Crippen LogP contribution in [0.15, 0.2) is 23.1 Å². The zero-order valence-electron chi connectivity index (χ0n) is 17.7. The Labute approximate surface area is 182 Å². The van der Waals surface area contributed by atoms with Crippen LogP contribution in [0.5, 0.6) is 0 Å². The number of piperidine rings is 1. The number of thioether (sulfide) groups is 1. The largest absolute Gasteiger partial charge is 0.352 e. The van der Waals surface area contributed by atoms with Crippen molar-refractivity contribution in [2.45, 2.75) is 74.5 Å². The maximum atomic E-state index is 13.4. The van der Waals surface area contributed by atoms with E-state index in [0.29, 0.717) is 13.1 Å². The number of fused-ring (bicyclic) bond motifs is 1. The fraction of sp³-hybridized carbons (Fsp3) is 0.609. The van der Waals surface area contributed by atoms with Crippen LogP contribution in [0.4, 0.5) is 5.69 Å². The second kappa shape index (κ2) is 9.41. The molecular weight excluding hydrogens is 398 g/mol. The minimum atomic E-state index is -0.806. The van der Waals surface area contributed by atoms with Gasteiger partial charge in [-0.15, -0.1) is 11.8 Å². The van der Waals surface area contributed by atoms with Crippen molar-refractivity contribution < 1.29 is 14.4 Å². The number of nitrogens with one attached hydrogen (secondary N) is 1. The Morgan fingerprint density at radius 3 is 2.50 bits per heavy atom. The monoisotopic (exact) mass is 429 g/mol. The van der Waals surface area contributed by atoms with Gasteiger partial charge >= 0.3 is 0 Å². The van der Waals surface area contributed by atoms with Gasteiger partial charge in [-0.05, 0) is 56.7 Å². The molecular formula is C23H31N3O3S. The Balaban J connectivity index is 1.53. The number of hydrogen-bond donors (Lipinski definition) is 1. The van der Waals surface area contributed by atoms with E-state index in [1.807, 2.05) is 30.0 Å². The van der Waals surface area contributed by atoms with E-state index in [0.717, 1.165) is 61.1 Å². The number of nitrogens with zero attached hydrogens (tertiary/aromatic N) is 2. The molecule has 1 N–H and O–H groups in total. The van der Waals surface area contributed by atoms with Crippen LogP contribution in [0, 0.1) is 6.92 Å². The highest BCUT2D eigenvalue weighted by Crippen LogP contribution is 2.40. The lowest BCUT2D eigenvalue weighted by atomic mass is 9.95. The molecule has 1 saturated carbocycles. The maximum Gasteiger partial charge on any atom is 0.250 e. The first-order valence-electron chi connectivity index (χ1n) is 11.2. The van der Waals surface area contributed by atoms with Crippen LogP contribution in [0.1, 0.15) is 56.9 Å². The summed E-state index contributed by atoms with van der Waals surface area (Å²) in [5.74, 6) is -0.530. The number of anilines is 1. The first kappa shape index (κ1) is 21.2. The van der Waals surface area contributed by atoms with Gasteiger partial charge in [-0.3, -0.25) is 14.4 Å². The van der Waals surface area contributed by atoms with E-state index in [2.05, 4.69) is 5.32 Å². The molecule has 2 fully saturated rings. The van der Waals surface area contributed by atoms with Gasteiger partial charge in [0.15, 0.2) is 5.25 Å². The zero-order chi connectivity index (χ0) is 21.1. The van der Waals surface area contributed by atoms with Crippen LogP contribution < -0.4 is 10.2 Å². The molecule has 1 unspecified atom stereocenters. The number of hydrogen-bond acceptors (Lipinski definition) is 4. The van der Waals surface area contributed by atoms with E-state index in [9.17, 15) is 14.4 Å². The maximum absolute atomic E-state index is 13.4. The topological polar surface area (TPSA) is 69.7 Å². The lowest BCUT2D eigenvalue weighted by Crippen LogP contribution is -2.53. The standard InChI is InChI=1S/C23H31N3O3S/c1-16-10-11-18-19(14-16)30-21(22(28)25-12-6-3-7-13-25)23(29)26(18)15-20(27)24-17-8-4-2-5-9-17/h10-11,14,17,21H,2-9,12-13,15H2,1H3,(H,24,27). The van der Waals surface area contributed by atoms with Gasteiger partial charge in [-0.1, -0.05) is 25.3 Å². The third kappa shape index (κ3) is 4.66. The molecule has 6 nitrogen and oxygen atoms in total. The van der Waals surface area contributed by atoms with Gasteiger partial charge in [0.2, 0.25) is 11.8 Å². The molecule has 1 saturated heterocycles. The Morgan fingerprint density at radius 1 is 1.07 bits per heavy atom. The number of amides is 3. The van der Waals surface area contributed by atoms with E-state index in [4.69, 9.17) is 0 Å². The van der Waals surface area contributed by atoms with Crippen LogP contribution in [-0.2, 0) is 14.4 Å². The van der Waals surface area contributed by atoms with Crippen molar-refractivity contribution in [3.05, 3.63) is 23.8 Å². The second-order valence-corrected chi connectivity index (χ2v) is 9.83. The highest BCUT2D eigenvalue weighted by atomic mass is 32.2. The number of benzene rings is 1. The van der Waals surface area contributed by atoms with Crippen molar-refractivity contribution in [2.24, 2.45) is 0 Å². The molecule has 0 spiro atoms. The van der Waals surface area contributed by atoms with Crippen molar-refractivity contribution in [1.29, 1.82) is 0 Å². The predicted octanol–water partition coefficient (Wildman–Crippen LogP) is 3.26. The Morgan fingerprint density at radius 2 is 1.77 bits per heavy atom. The summed E-state index contributed by atoms with van der Waals surface area (Å²) in [6, 6.07) is 6.05. The summed E-state index contributed by atoms with van der Waals surface area (Å²) in [6.45, 7) is 3.40. The smallest absolute Gasteiger partial charge is 0.250 e. The van der Waals surface area contributed by atoms with Gasteiger partial charge in [0.25, 0.3) is 5.91 Å². The Hall–Kier alpha value is -2.02. The Bertz CT molecular complexity index is 816. The van der Waals surface area contributed by atoms with Crippen molar-refractivity contribution in [1.82, 2.24) is 10.2 Å². The summed E-state index contributed by atoms with van der Waals surface area (Å²) in [5.41, 5.74) is 1.81. The van der Waals surface area contributed by atoms with Gasteiger partial charge < -0.3 is 15.1 Å². The van der Waals surface area contributed by atoms with Crippen molar-refractivity contribution >= 4 is 35.2 Å². The lowest BCUT2D eigenvalue weighted by molar-refractivity contribution is -0.136. The lowest BCUT2D eigenvalue weighted by Gasteiger charge is -2.36. The van der Waals surface area contributed by atoms with Crippen molar-refractivity contribution in [2.75, 3.05) is 24.5 Å². The molecule has 1 atom stereocenters. The summed E-state index contributed by atoms with van der Waals surface area (Å²) < 4.78 is 0. The van der Waals surface area contributed by atoms with E-state index in [1.54, 1.807) is 0 Å². The molecule has 3 aliphatic rings. The molecule has 7 heteroatoms. The van der Waals surface area contributed by atoms with Gasteiger partial charge in [0.1, 0.15) is 6.54 Å². The van der Waals surface area contributed by atoms with E-state index < -0.39 is 5.25 Å². The number of aryl methyl sites for hydroxylation is 1. The van der Waals surface area contributed by atoms with E-state index >= 15 is 0 Å². The summed E-state index contributed by atoms with van der Waals surface area (Å²) in [5, 5.41) is 2.30. The average molecular weight is 430 g/mol. The molecule has 0 aromatic heterocycles. The molecule has 4 rings (SSSR count). The fourth-order valence-electron chi connectivity index (χ4n) is 4.64. The third-order valence-electron chi connectivity index (χ3n) is 6.31. The molecule has 0 bridgehead atoms. The third-order valence-corrected chi connectivity index (χ3v) is 7.53. The predicted molar refractivity (Wildman–Crippen MR) is 119 cm³/mol. The van der Waals surface area contributed by atoms with Crippen LogP contribution in [0.3, 0.4) is 0 Å². The fourth-order valence-corrected chi connectivity index (χ4v) is 5.92. The minimum absolute atomic E-state index is 0.0320. The summed E-state index contributed by atoms with van der Waals surface area (Å²) in [4.78, 5) is 43.5. The van der Waals surface area contributed by atoms with Gasteiger partial charge in [-0.2, -0.15) is 0 Å². The molecule has 1 aromatic carbocycles. The quantitative estimate of drug-likeness (QED) is 0.746. The van der Waals surface area contributed by atoms with Crippen molar-refractivity contribution in [3.63, 3.8) is 0 Å². The van der Waals surface area contributed by atoms with Gasteiger partial charge in [0.05, 0.1) is 5.69 Å². The highest BCUT2D eigenvalue weighted by Gasteiger charge is 2.41. The van der Waals surface area contributed by atoms with Crippen molar-refractivity contribution in [3.8, 4) is 0 Å². The number of likely N-dealkylation sites (tertiary alicyclic amines) is 1. The SMILES string of the molecule is Cc1ccc2c(c1)SC(C(=O)N1CCCCC1)C(=O)N2CC(=O)NC1CCCCC1. The first-order valence-corrected chi connectivity index (χ1v) is 12.1. The number of carbonyl (C=O) groups is 3. The molecule has 0 radical (unpaired) electrons. The summed E-state index contributed by atoms with van der Waals surface area (Å²) in [6.07, 6.45) is 8.60. The Kier molecular flexibility index (Phi) is 6.66. The highest BCUT2D eigenvalue weighted by molar-refractivity contribution is 8.01. The molecule has 3 amide bonds. The molecule has 1 aliphatic carbocycles. The number of carbonyl (C=O) groups excluding carboxylic acids is 3. The minimum Gasteiger partial charge on any atom is -0.352 e. The normalized spacial score (nSPS) is 22.6. The molecule has 162 valence electrons. The molecule has 1 aromatic rings. The summed E-state index contributed by atoms with van der Waals surface area (Å²) in [7, 11) is 0. The van der Waals surface area contributed by atoms with Crippen LogP contribution >= 0.6 is 11.8 Å². The molecule has 30 heavy (non-hydrogen) atoms. The molecule has 2 aliphatic heterocycles. The van der Waals surface area contributed by atoms with Gasteiger partial charge in [-0.25, -0.2) is 0 Å². The zero-order valence-corrected chi connectivity index (χ0v) is 18.5. The van der Waals surface area contributed by atoms with Crippen LogP contribution in [0.25, 0.3) is 0 Å². The average Bonchev–Trinajstić information content (AvgIpc) is 2.76. The van der Waals surface area contributed by atoms with E-state index in [-0.39, 0.29) is 30.3 Å². The second-order valence-electron chi connectivity index (χ2n) is 8.68. The summed E-state index contributed by atoms with van der Waals surface area (Å²) >= 11 is 1.33. The van der Waals surface area contributed by atoms with E-state index in [1.165, 1.54) is 23.1 Å².